The van der Waals surface area contributed by atoms with Crippen molar-refractivity contribution in [3.05, 3.63) is 30.1 Å². The maximum Gasteiger partial charge on any atom is 0.242 e. The lowest BCUT2D eigenvalue weighted by Crippen LogP contribution is -2.39. The molecule has 1 aromatic carbocycles. The molecule has 0 aromatic heterocycles. The molecule has 0 unspecified atom stereocenters. The molecule has 4 nitrogen and oxygen atoms in total. The number of carbonyl (C=O) groups is 2. The number of aldehydes is 1. The highest BCUT2D eigenvalue weighted by atomic mass is 19.1. The highest BCUT2D eigenvalue weighted by Crippen LogP contribution is 2.22. The first-order chi connectivity index (χ1) is 8.22. The first kappa shape index (κ1) is 11.7. The van der Waals surface area contributed by atoms with Crippen molar-refractivity contribution >= 4 is 17.9 Å². The molecular weight excluding hydrogens is 223 g/mol. The van der Waals surface area contributed by atoms with Crippen LogP contribution in [0.1, 0.15) is 12.8 Å². The molecule has 0 spiro atoms. The van der Waals surface area contributed by atoms with Crippen LogP contribution in [0, 0.1) is 5.82 Å². The Kier molecular flexibility index (Phi) is 3.49. The number of hydrazine groups is 1. The van der Waals surface area contributed by atoms with Crippen molar-refractivity contribution in [2.24, 2.45) is 0 Å². The van der Waals surface area contributed by atoms with E-state index >= 15 is 0 Å². The van der Waals surface area contributed by atoms with Crippen LogP contribution in [0.3, 0.4) is 0 Å². The number of hydrogen-bond donors (Lipinski definition) is 0. The molecule has 1 amide bonds. The number of carbonyl (C=O) groups excluding carboxylic acids is 2. The molecule has 0 aliphatic carbocycles. The summed E-state index contributed by atoms with van der Waals surface area (Å²) in [6.45, 7) is 1.11. The standard InChI is InChI=1S/C12H13FN2O2/c13-10-2-4-11(5-3-10)15-12(17)6-8-14(15)7-1-9-16/h2-5,9H,1,6-8H2. The fourth-order valence-electron chi connectivity index (χ4n) is 1.89. The van der Waals surface area contributed by atoms with E-state index in [9.17, 15) is 14.0 Å². The van der Waals surface area contributed by atoms with Crippen LogP contribution in [0.2, 0.25) is 0 Å². The zero-order chi connectivity index (χ0) is 12.3. The Hall–Kier alpha value is -1.75. The van der Waals surface area contributed by atoms with Crippen molar-refractivity contribution in [1.82, 2.24) is 5.01 Å². The Bertz CT molecular complexity index is 419. The Balaban J connectivity index is 2.18. The van der Waals surface area contributed by atoms with Crippen LogP contribution < -0.4 is 5.01 Å². The largest absolute Gasteiger partial charge is 0.303 e. The highest BCUT2D eigenvalue weighted by Gasteiger charge is 2.29. The summed E-state index contributed by atoms with van der Waals surface area (Å²) in [6.07, 6.45) is 1.63. The lowest BCUT2D eigenvalue weighted by molar-refractivity contribution is -0.118. The Morgan fingerprint density at radius 3 is 2.65 bits per heavy atom. The van der Waals surface area contributed by atoms with Crippen LogP contribution in [0.5, 0.6) is 0 Å². The second kappa shape index (κ2) is 5.05. The van der Waals surface area contributed by atoms with Crippen LogP contribution in [-0.4, -0.2) is 30.3 Å². The zero-order valence-electron chi connectivity index (χ0n) is 9.30. The van der Waals surface area contributed by atoms with Gasteiger partial charge >= 0.3 is 0 Å². The fourth-order valence-corrected chi connectivity index (χ4v) is 1.89. The molecule has 1 aliphatic heterocycles. The van der Waals surface area contributed by atoms with Gasteiger partial charge in [0.2, 0.25) is 5.91 Å². The predicted molar refractivity (Wildman–Crippen MR) is 60.8 cm³/mol. The molecule has 0 N–H and O–H groups in total. The monoisotopic (exact) mass is 236 g/mol. The third-order valence-electron chi connectivity index (χ3n) is 2.68. The minimum atomic E-state index is -0.333. The average Bonchev–Trinajstić information content (AvgIpc) is 2.69. The van der Waals surface area contributed by atoms with Gasteiger partial charge in [-0.25, -0.2) is 14.4 Å². The van der Waals surface area contributed by atoms with Gasteiger partial charge in [0.05, 0.1) is 5.69 Å². The number of hydrogen-bond acceptors (Lipinski definition) is 3. The molecule has 17 heavy (non-hydrogen) atoms. The summed E-state index contributed by atoms with van der Waals surface area (Å²) in [5.41, 5.74) is 0.639. The van der Waals surface area contributed by atoms with Crippen molar-refractivity contribution in [3.63, 3.8) is 0 Å². The molecule has 1 aliphatic rings. The summed E-state index contributed by atoms with van der Waals surface area (Å²) in [7, 11) is 0. The quantitative estimate of drug-likeness (QED) is 0.741. The molecule has 5 heteroatoms. The van der Waals surface area contributed by atoms with Crippen LogP contribution in [0.25, 0.3) is 0 Å². The van der Waals surface area contributed by atoms with Gasteiger partial charge in [0.1, 0.15) is 12.1 Å². The van der Waals surface area contributed by atoms with Gasteiger partial charge in [-0.15, -0.1) is 0 Å². The summed E-state index contributed by atoms with van der Waals surface area (Å²) < 4.78 is 12.8. The maximum atomic E-state index is 12.8. The van der Waals surface area contributed by atoms with E-state index in [0.717, 1.165) is 6.29 Å². The van der Waals surface area contributed by atoms with Crippen LogP contribution in [0.4, 0.5) is 10.1 Å². The summed E-state index contributed by atoms with van der Waals surface area (Å²) in [6, 6.07) is 5.76. The molecular formula is C12H13FN2O2. The first-order valence-electron chi connectivity index (χ1n) is 5.49. The Morgan fingerprint density at radius 2 is 2.00 bits per heavy atom. The first-order valence-corrected chi connectivity index (χ1v) is 5.49. The van der Waals surface area contributed by atoms with Gasteiger partial charge in [0, 0.05) is 25.9 Å². The Morgan fingerprint density at radius 1 is 1.29 bits per heavy atom. The molecule has 0 atom stereocenters. The van der Waals surface area contributed by atoms with Crippen molar-refractivity contribution in [1.29, 1.82) is 0 Å². The zero-order valence-corrected chi connectivity index (χ0v) is 9.30. The van der Waals surface area contributed by atoms with E-state index in [1.54, 1.807) is 12.1 Å². The fraction of sp³-hybridized carbons (Fsp3) is 0.333. The van der Waals surface area contributed by atoms with Gasteiger partial charge in [0.15, 0.2) is 0 Å². The van der Waals surface area contributed by atoms with Crippen molar-refractivity contribution in [2.45, 2.75) is 12.8 Å². The van der Waals surface area contributed by atoms with Crippen LogP contribution in [0.15, 0.2) is 24.3 Å². The lowest BCUT2D eigenvalue weighted by Gasteiger charge is -2.27. The van der Waals surface area contributed by atoms with E-state index in [1.807, 2.05) is 5.01 Å². The number of nitrogens with zero attached hydrogens (tertiary/aromatic N) is 2. The van der Waals surface area contributed by atoms with Crippen LogP contribution >= 0.6 is 0 Å². The smallest absolute Gasteiger partial charge is 0.242 e. The molecule has 1 aromatic rings. The number of amides is 1. The maximum absolute atomic E-state index is 12.8. The third kappa shape index (κ3) is 2.50. The van der Waals surface area contributed by atoms with Crippen molar-refractivity contribution < 1.29 is 14.0 Å². The predicted octanol–water partition coefficient (Wildman–Crippen LogP) is 1.37. The van der Waals surface area contributed by atoms with E-state index in [2.05, 4.69) is 0 Å². The second-order valence-corrected chi connectivity index (χ2v) is 3.84. The van der Waals surface area contributed by atoms with E-state index in [0.29, 0.717) is 31.6 Å². The van der Waals surface area contributed by atoms with Crippen LogP contribution in [-0.2, 0) is 9.59 Å². The highest BCUT2D eigenvalue weighted by molar-refractivity contribution is 5.94. The third-order valence-corrected chi connectivity index (χ3v) is 2.68. The summed E-state index contributed by atoms with van der Waals surface area (Å²) in [5.74, 6) is -0.359. The molecule has 1 fully saturated rings. The van der Waals surface area contributed by atoms with Gasteiger partial charge in [-0.3, -0.25) is 4.79 Å². The van der Waals surface area contributed by atoms with Crippen molar-refractivity contribution in [2.75, 3.05) is 18.1 Å². The van der Waals surface area contributed by atoms with E-state index in [4.69, 9.17) is 0 Å². The summed E-state index contributed by atoms with van der Waals surface area (Å²) >= 11 is 0. The number of anilines is 1. The van der Waals surface area contributed by atoms with E-state index < -0.39 is 0 Å². The molecule has 0 radical (unpaired) electrons. The second-order valence-electron chi connectivity index (χ2n) is 3.84. The molecule has 0 bridgehead atoms. The number of rotatable bonds is 4. The Labute approximate surface area is 98.6 Å². The van der Waals surface area contributed by atoms with Gasteiger partial charge in [-0.05, 0) is 24.3 Å². The molecule has 0 saturated carbocycles. The number of halogens is 1. The van der Waals surface area contributed by atoms with Gasteiger partial charge in [-0.1, -0.05) is 0 Å². The minimum absolute atomic E-state index is 0.0255. The van der Waals surface area contributed by atoms with E-state index in [1.165, 1.54) is 17.1 Å². The van der Waals surface area contributed by atoms with Gasteiger partial charge in [0.25, 0.3) is 0 Å². The SMILES string of the molecule is O=CCCN1CCC(=O)N1c1ccc(F)cc1. The molecule has 1 heterocycles. The van der Waals surface area contributed by atoms with Gasteiger partial charge < -0.3 is 4.79 Å². The number of benzene rings is 1. The topological polar surface area (TPSA) is 40.6 Å². The van der Waals surface area contributed by atoms with Crippen molar-refractivity contribution in [3.8, 4) is 0 Å². The summed E-state index contributed by atoms with van der Waals surface area (Å²) in [5, 5.41) is 3.33. The molecule has 1 saturated heterocycles. The molecule has 90 valence electrons. The minimum Gasteiger partial charge on any atom is -0.303 e. The molecule has 2 rings (SSSR count). The summed E-state index contributed by atoms with van der Waals surface area (Å²) in [4.78, 5) is 22.1. The lowest BCUT2D eigenvalue weighted by atomic mass is 10.3. The van der Waals surface area contributed by atoms with Gasteiger partial charge in [-0.2, -0.15) is 0 Å². The average molecular weight is 236 g/mol. The normalized spacial score (nSPS) is 16.5. The van der Waals surface area contributed by atoms with E-state index in [-0.39, 0.29) is 11.7 Å².